The lowest BCUT2D eigenvalue weighted by atomic mass is 9.75. The van der Waals surface area contributed by atoms with E-state index in [1.54, 1.807) is 24.3 Å². The highest BCUT2D eigenvalue weighted by atomic mass is 16.5. The molecule has 5 heteroatoms. The Morgan fingerprint density at radius 3 is 2.67 bits per heavy atom. The number of imide groups is 1. The molecule has 5 nitrogen and oxygen atoms in total. The summed E-state index contributed by atoms with van der Waals surface area (Å²) in [5.41, 5.74) is -0.821. The first-order valence-corrected chi connectivity index (χ1v) is 8.26. The van der Waals surface area contributed by atoms with Gasteiger partial charge in [-0.05, 0) is 31.4 Å². The molecular formula is C19H23NO4. The number of benzene rings is 1. The summed E-state index contributed by atoms with van der Waals surface area (Å²) in [7, 11) is 0. The quantitative estimate of drug-likeness (QED) is 0.348. The van der Waals surface area contributed by atoms with Crippen molar-refractivity contribution in [1.82, 2.24) is 4.90 Å². The summed E-state index contributed by atoms with van der Waals surface area (Å²) in [6, 6.07) is 8.64. The van der Waals surface area contributed by atoms with Crippen molar-refractivity contribution in [3.63, 3.8) is 0 Å². The number of ether oxygens (including phenoxy) is 1. The lowest BCUT2D eigenvalue weighted by molar-refractivity contribution is -0.167. The fourth-order valence-electron chi connectivity index (χ4n) is 3.16. The number of hydrogen-bond acceptors (Lipinski definition) is 4. The zero-order chi connectivity index (χ0) is 17.6. The smallest absolute Gasteiger partial charge is 0.321 e. The number of piperidine rings is 1. The van der Waals surface area contributed by atoms with E-state index in [9.17, 15) is 14.4 Å². The monoisotopic (exact) mass is 329 g/mol. The predicted molar refractivity (Wildman–Crippen MR) is 90.2 cm³/mol. The molecule has 2 rings (SSSR count). The van der Waals surface area contributed by atoms with Crippen LogP contribution in [0.3, 0.4) is 0 Å². The molecule has 2 amide bonds. The molecule has 0 radical (unpaired) electrons. The van der Waals surface area contributed by atoms with E-state index in [1.807, 2.05) is 13.0 Å². The zero-order valence-corrected chi connectivity index (χ0v) is 14.0. The highest BCUT2D eigenvalue weighted by Gasteiger charge is 2.52. The maximum atomic E-state index is 13.0. The van der Waals surface area contributed by atoms with Crippen molar-refractivity contribution in [2.45, 2.75) is 32.6 Å². The van der Waals surface area contributed by atoms with Gasteiger partial charge in [0, 0.05) is 12.1 Å². The second kappa shape index (κ2) is 7.90. The molecule has 1 saturated heterocycles. The van der Waals surface area contributed by atoms with E-state index in [2.05, 4.69) is 6.58 Å². The Morgan fingerprint density at radius 1 is 1.33 bits per heavy atom. The minimum atomic E-state index is -1.26. The number of esters is 1. The van der Waals surface area contributed by atoms with Crippen LogP contribution in [0.25, 0.3) is 0 Å². The van der Waals surface area contributed by atoms with Crippen molar-refractivity contribution in [2.75, 3.05) is 13.2 Å². The lowest BCUT2D eigenvalue weighted by Gasteiger charge is -2.38. The number of carbonyl (C=O) groups excluding carboxylic acids is 3. The highest BCUT2D eigenvalue weighted by molar-refractivity contribution is 6.12. The van der Waals surface area contributed by atoms with Crippen molar-refractivity contribution in [2.24, 2.45) is 5.41 Å². The van der Waals surface area contributed by atoms with Crippen LogP contribution < -0.4 is 0 Å². The van der Waals surface area contributed by atoms with Gasteiger partial charge in [0.05, 0.1) is 0 Å². The Bertz CT molecular complexity index is 622. The molecule has 1 heterocycles. The van der Waals surface area contributed by atoms with Gasteiger partial charge in [-0.15, -0.1) is 0 Å². The van der Waals surface area contributed by atoms with Gasteiger partial charge < -0.3 is 4.74 Å². The summed E-state index contributed by atoms with van der Waals surface area (Å²) < 4.78 is 5.17. The van der Waals surface area contributed by atoms with E-state index in [4.69, 9.17) is 4.74 Å². The SMILES string of the molecule is C=CCOC(=O)C1(CCC)CCCN(C(=O)c2ccccc2)C1=O. The topological polar surface area (TPSA) is 63.7 Å². The minimum absolute atomic E-state index is 0.0597. The van der Waals surface area contributed by atoms with Crippen LogP contribution in [0.2, 0.25) is 0 Å². The fraction of sp³-hybridized carbons (Fsp3) is 0.421. The third-order valence-corrected chi connectivity index (χ3v) is 4.31. The largest absolute Gasteiger partial charge is 0.461 e. The van der Waals surface area contributed by atoms with Gasteiger partial charge in [-0.1, -0.05) is 44.2 Å². The van der Waals surface area contributed by atoms with Crippen molar-refractivity contribution < 1.29 is 19.1 Å². The normalized spacial score (nSPS) is 20.5. The van der Waals surface area contributed by atoms with Crippen LogP contribution in [0.1, 0.15) is 43.0 Å². The Morgan fingerprint density at radius 2 is 2.04 bits per heavy atom. The second-order valence-electron chi connectivity index (χ2n) is 5.95. The number of hydrogen-bond donors (Lipinski definition) is 0. The number of rotatable bonds is 6. The number of amides is 2. The van der Waals surface area contributed by atoms with Gasteiger partial charge in [0.1, 0.15) is 12.0 Å². The molecule has 1 unspecified atom stereocenters. The van der Waals surface area contributed by atoms with Crippen molar-refractivity contribution in [1.29, 1.82) is 0 Å². The summed E-state index contributed by atoms with van der Waals surface area (Å²) in [5, 5.41) is 0. The molecule has 1 aliphatic heterocycles. The maximum absolute atomic E-state index is 13.0. The van der Waals surface area contributed by atoms with Crippen LogP contribution in [0.15, 0.2) is 43.0 Å². The predicted octanol–water partition coefficient (Wildman–Crippen LogP) is 2.96. The van der Waals surface area contributed by atoms with Gasteiger partial charge in [0.2, 0.25) is 5.91 Å². The number of nitrogens with zero attached hydrogens (tertiary/aromatic N) is 1. The first-order chi connectivity index (χ1) is 11.6. The molecule has 0 bridgehead atoms. The fourth-order valence-corrected chi connectivity index (χ4v) is 3.16. The maximum Gasteiger partial charge on any atom is 0.321 e. The Kier molecular flexibility index (Phi) is 5.90. The van der Waals surface area contributed by atoms with E-state index in [1.165, 1.54) is 11.0 Å². The Labute approximate surface area is 142 Å². The van der Waals surface area contributed by atoms with E-state index in [-0.39, 0.29) is 12.5 Å². The second-order valence-corrected chi connectivity index (χ2v) is 5.95. The van der Waals surface area contributed by atoms with Crippen LogP contribution in [-0.2, 0) is 14.3 Å². The Hall–Kier alpha value is -2.43. The molecule has 24 heavy (non-hydrogen) atoms. The molecule has 0 saturated carbocycles. The summed E-state index contributed by atoms with van der Waals surface area (Å²) in [6.07, 6.45) is 3.50. The summed E-state index contributed by atoms with van der Waals surface area (Å²) in [4.78, 5) is 39.5. The van der Waals surface area contributed by atoms with Crippen molar-refractivity contribution in [3.8, 4) is 0 Å². The molecule has 1 atom stereocenters. The molecule has 128 valence electrons. The molecule has 0 N–H and O–H groups in total. The molecule has 1 fully saturated rings. The van der Waals surface area contributed by atoms with Crippen LogP contribution in [0, 0.1) is 5.41 Å². The lowest BCUT2D eigenvalue weighted by Crippen LogP contribution is -2.55. The van der Waals surface area contributed by atoms with Gasteiger partial charge in [0.25, 0.3) is 5.91 Å². The highest BCUT2D eigenvalue weighted by Crippen LogP contribution is 2.38. The first-order valence-electron chi connectivity index (χ1n) is 8.26. The van der Waals surface area contributed by atoms with Gasteiger partial charge in [-0.2, -0.15) is 0 Å². The standard InChI is InChI=1S/C19H23NO4/c1-3-11-19(18(23)24-14-4-2)12-8-13-20(17(19)22)16(21)15-9-6-5-7-10-15/h4-7,9-10H,2-3,8,11-14H2,1H3. The Balaban J connectivity index is 2.30. The van der Waals surface area contributed by atoms with Crippen molar-refractivity contribution >= 4 is 17.8 Å². The third kappa shape index (κ3) is 3.40. The zero-order valence-electron chi connectivity index (χ0n) is 14.0. The third-order valence-electron chi connectivity index (χ3n) is 4.31. The molecule has 0 spiro atoms. The van der Waals surface area contributed by atoms with Crippen molar-refractivity contribution in [3.05, 3.63) is 48.6 Å². The summed E-state index contributed by atoms with van der Waals surface area (Å²) in [5.74, 6) is -1.37. The van der Waals surface area contributed by atoms with Gasteiger partial charge in [0.15, 0.2) is 0 Å². The molecule has 0 aromatic heterocycles. The number of likely N-dealkylation sites (tertiary alicyclic amines) is 1. The van der Waals surface area contributed by atoms with Gasteiger partial charge in [-0.3, -0.25) is 19.3 Å². The van der Waals surface area contributed by atoms with E-state index in [0.29, 0.717) is 37.8 Å². The molecule has 1 aromatic carbocycles. The molecule has 0 aliphatic carbocycles. The van der Waals surface area contributed by atoms with Crippen LogP contribution in [-0.4, -0.2) is 35.8 Å². The molecule has 1 aliphatic rings. The first kappa shape index (κ1) is 17.9. The number of carbonyl (C=O) groups is 3. The summed E-state index contributed by atoms with van der Waals surface area (Å²) >= 11 is 0. The minimum Gasteiger partial charge on any atom is -0.461 e. The summed E-state index contributed by atoms with van der Waals surface area (Å²) in [6.45, 7) is 5.82. The average molecular weight is 329 g/mol. The van der Waals surface area contributed by atoms with Crippen LogP contribution in [0.5, 0.6) is 0 Å². The van der Waals surface area contributed by atoms with Crippen LogP contribution >= 0.6 is 0 Å². The van der Waals surface area contributed by atoms with E-state index >= 15 is 0 Å². The van der Waals surface area contributed by atoms with Gasteiger partial charge in [-0.25, -0.2) is 0 Å². The van der Waals surface area contributed by atoms with Crippen LogP contribution in [0.4, 0.5) is 0 Å². The van der Waals surface area contributed by atoms with E-state index in [0.717, 1.165) is 0 Å². The van der Waals surface area contributed by atoms with Gasteiger partial charge >= 0.3 is 5.97 Å². The average Bonchev–Trinajstić information content (AvgIpc) is 2.61. The molecule has 1 aromatic rings. The molecular weight excluding hydrogens is 306 g/mol. The van der Waals surface area contributed by atoms with E-state index < -0.39 is 17.3 Å².